The summed E-state index contributed by atoms with van der Waals surface area (Å²) in [6.45, 7) is -0.471. The van der Waals surface area contributed by atoms with Crippen LogP contribution in [0.5, 0.6) is 11.5 Å². The van der Waals surface area contributed by atoms with Gasteiger partial charge in [-0.25, -0.2) is 9.55 Å². The Balaban J connectivity index is 1.67. The van der Waals surface area contributed by atoms with Crippen LogP contribution in [0.25, 0.3) is 17.0 Å². The fourth-order valence-corrected chi connectivity index (χ4v) is 3.84. The summed E-state index contributed by atoms with van der Waals surface area (Å²) in [6.07, 6.45) is 4.73. The molecular weight excluding hydrogens is 441 g/mol. The van der Waals surface area contributed by atoms with Gasteiger partial charge < -0.3 is 34.5 Å². The summed E-state index contributed by atoms with van der Waals surface area (Å²) < 4.78 is 22.5. The van der Waals surface area contributed by atoms with Gasteiger partial charge in [0.25, 0.3) is 5.88 Å². The molecule has 0 saturated heterocycles. The number of anilines is 1. The molecule has 1 aliphatic rings. The summed E-state index contributed by atoms with van der Waals surface area (Å²) in [4.78, 5) is 30.3. The van der Waals surface area contributed by atoms with Gasteiger partial charge in [-0.2, -0.15) is 9.97 Å². The molecule has 162 valence electrons. The molecule has 0 spiro atoms. The minimum Gasteiger partial charge on any atom is -0.502 e. The molecule has 30 heavy (non-hydrogen) atoms. The number of ether oxygens (including phenoxy) is 1. The summed E-state index contributed by atoms with van der Waals surface area (Å²) in [5.41, 5.74) is 0.642. The summed E-state index contributed by atoms with van der Waals surface area (Å²) >= 11 is 6.07. The first kappa shape index (κ1) is 20.9. The van der Waals surface area contributed by atoms with Gasteiger partial charge in [0.15, 0.2) is 22.7 Å². The Morgan fingerprint density at radius 1 is 1.27 bits per heavy atom. The van der Waals surface area contributed by atoms with Gasteiger partial charge in [-0.15, -0.1) is 0 Å². The van der Waals surface area contributed by atoms with Gasteiger partial charge in [-0.05, 0) is 24.4 Å². The lowest BCUT2D eigenvalue weighted by atomic mass is 10.2. The van der Waals surface area contributed by atoms with E-state index in [0.29, 0.717) is 11.3 Å². The van der Waals surface area contributed by atoms with E-state index in [2.05, 4.69) is 20.3 Å². The predicted octanol–water partition coefficient (Wildman–Crippen LogP) is 2.48. The van der Waals surface area contributed by atoms with Crippen LogP contribution < -0.4 is 5.32 Å². The molecule has 0 amide bonds. The Bertz CT molecular complexity index is 1120. The maximum atomic E-state index is 10.9. The van der Waals surface area contributed by atoms with Gasteiger partial charge in [0.1, 0.15) is 19.3 Å². The van der Waals surface area contributed by atoms with Crippen molar-refractivity contribution in [1.82, 2.24) is 19.5 Å². The number of fused-ring (bicyclic) bond motifs is 1. The summed E-state index contributed by atoms with van der Waals surface area (Å²) in [7, 11) is -4.39. The molecule has 3 aromatic heterocycles. The average molecular weight is 460 g/mol. The van der Waals surface area contributed by atoms with E-state index in [9.17, 15) is 14.8 Å². The van der Waals surface area contributed by atoms with Crippen LogP contribution in [0.1, 0.15) is 31.4 Å². The second-order valence-corrected chi connectivity index (χ2v) is 8.85. The van der Waals surface area contributed by atoms with Gasteiger partial charge in [-0.1, -0.05) is 12.8 Å². The molecular formula is C16H19ClN5O7P. The number of furan rings is 1. The van der Waals surface area contributed by atoms with Crippen molar-refractivity contribution in [3.8, 4) is 17.4 Å². The smallest absolute Gasteiger partial charge is 0.350 e. The molecule has 0 aliphatic heterocycles. The molecule has 4 rings (SSSR count). The molecule has 5 N–H and O–H groups in total. The highest BCUT2D eigenvalue weighted by atomic mass is 35.5. The monoisotopic (exact) mass is 459 g/mol. The third kappa shape index (κ3) is 4.23. The molecule has 0 unspecified atom stereocenters. The normalized spacial score (nSPS) is 15.3. The second-order valence-electron chi connectivity index (χ2n) is 6.92. The lowest BCUT2D eigenvalue weighted by Gasteiger charge is -2.12. The number of halogens is 1. The van der Waals surface area contributed by atoms with Crippen LogP contribution in [0.2, 0.25) is 5.28 Å². The molecule has 1 aliphatic carbocycles. The van der Waals surface area contributed by atoms with Crippen LogP contribution in [0.4, 0.5) is 5.82 Å². The zero-order valence-electron chi connectivity index (χ0n) is 15.5. The van der Waals surface area contributed by atoms with Crippen molar-refractivity contribution in [3.63, 3.8) is 0 Å². The van der Waals surface area contributed by atoms with Crippen LogP contribution >= 0.6 is 19.2 Å². The Kier molecular flexibility index (Phi) is 5.60. The summed E-state index contributed by atoms with van der Waals surface area (Å²) in [5.74, 6) is -1.20. The first-order chi connectivity index (χ1) is 14.2. The minimum absolute atomic E-state index is 0.0368. The SMILES string of the molecule is O=P(O)(O)COCc1oc(-n2cnc3c(NC4CCCC4)nc(Cl)nc32)c(O)c1O. The van der Waals surface area contributed by atoms with Gasteiger partial charge in [-0.3, -0.25) is 4.57 Å². The third-order valence-electron chi connectivity index (χ3n) is 4.69. The molecule has 3 aromatic rings. The molecule has 0 bridgehead atoms. The minimum atomic E-state index is -4.39. The Hall–Kier alpha value is -2.37. The fourth-order valence-electron chi connectivity index (χ4n) is 3.35. The van der Waals surface area contributed by atoms with E-state index in [4.69, 9.17) is 30.5 Å². The van der Waals surface area contributed by atoms with Crippen LogP contribution in [0, 0.1) is 0 Å². The van der Waals surface area contributed by atoms with Crippen molar-refractivity contribution in [2.45, 2.75) is 38.3 Å². The van der Waals surface area contributed by atoms with Crippen LogP contribution in [-0.4, -0.2) is 51.9 Å². The Morgan fingerprint density at radius 3 is 2.70 bits per heavy atom. The van der Waals surface area contributed by atoms with Crippen molar-refractivity contribution in [3.05, 3.63) is 17.4 Å². The highest BCUT2D eigenvalue weighted by Gasteiger charge is 2.25. The quantitative estimate of drug-likeness (QED) is 0.259. The van der Waals surface area contributed by atoms with Crippen molar-refractivity contribution < 1.29 is 33.7 Å². The first-order valence-electron chi connectivity index (χ1n) is 9.06. The van der Waals surface area contributed by atoms with Gasteiger partial charge >= 0.3 is 7.60 Å². The maximum Gasteiger partial charge on any atom is 0.350 e. The standard InChI is InChI=1S/C16H19ClN5O7P/c17-16-20-13(19-8-3-1-2-4-8)10-14(21-16)22(6-18-10)15-12(24)11(23)9(29-15)5-28-7-30(25,26)27/h6,8,23-24H,1-5,7H2,(H,19,20,21)(H2,25,26,27). The Morgan fingerprint density at radius 2 is 2.00 bits per heavy atom. The maximum absolute atomic E-state index is 10.9. The van der Waals surface area contributed by atoms with E-state index >= 15 is 0 Å². The molecule has 12 nitrogen and oxygen atoms in total. The number of hydrogen-bond acceptors (Lipinski definition) is 9. The predicted molar refractivity (Wildman–Crippen MR) is 105 cm³/mol. The van der Waals surface area contributed by atoms with Crippen molar-refractivity contribution in [2.75, 3.05) is 11.7 Å². The van der Waals surface area contributed by atoms with Gasteiger partial charge in [0.05, 0.1) is 0 Å². The van der Waals surface area contributed by atoms with E-state index in [1.165, 1.54) is 10.9 Å². The van der Waals surface area contributed by atoms with E-state index in [0.717, 1.165) is 25.7 Å². The van der Waals surface area contributed by atoms with Crippen molar-refractivity contribution in [1.29, 1.82) is 0 Å². The van der Waals surface area contributed by atoms with Crippen molar-refractivity contribution >= 4 is 36.2 Å². The lowest BCUT2D eigenvalue weighted by molar-refractivity contribution is 0.126. The number of rotatable bonds is 7. The van der Waals surface area contributed by atoms with Gasteiger partial charge in [0, 0.05) is 6.04 Å². The second kappa shape index (κ2) is 8.05. The highest BCUT2D eigenvalue weighted by Crippen LogP contribution is 2.41. The van der Waals surface area contributed by atoms with Gasteiger partial charge in [0.2, 0.25) is 16.8 Å². The Labute approximate surface area is 174 Å². The number of aromatic hydroxyl groups is 2. The summed E-state index contributed by atoms with van der Waals surface area (Å²) in [5, 5.41) is 23.7. The van der Waals surface area contributed by atoms with Crippen molar-refractivity contribution in [2.24, 2.45) is 0 Å². The summed E-state index contributed by atoms with van der Waals surface area (Å²) in [6, 6.07) is 0.253. The molecule has 0 atom stereocenters. The lowest BCUT2D eigenvalue weighted by Crippen LogP contribution is -2.16. The average Bonchev–Trinajstić information content (AvgIpc) is 3.37. The van der Waals surface area contributed by atoms with Crippen LogP contribution in [0.3, 0.4) is 0 Å². The molecule has 0 aromatic carbocycles. The number of nitrogens with one attached hydrogen (secondary N) is 1. The number of aromatic nitrogens is 4. The third-order valence-corrected chi connectivity index (χ3v) is 5.38. The topological polar surface area (TPSA) is 176 Å². The molecule has 14 heteroatoms. The molecule has 3 heterocycles. The fraction of sp³-hybridized carbons (Fsp3) is 0.438. The van der Waals surface area contributed by atoms with E-state index in [-0.39, 0.29) is 28.6 Å². The largest absolute Gasteiger partial charge is 0.502 e. The molecule has 0 radical (unpaired) electrons. The highest BCUT2D eigenvalue weighted by molar-refractivity contribution is 7.51. The van der Waals surface area contributed by atoms with Crippen LogP contribution in [-0.2, 0) is 15.9 Å². The van der Waals surface area contributed by atoms with E-state index < -0.39 is 32.0 Å². The number of imidazole rings is 1. The molecule has 1 fully saturated rings. The zero-order valence-corrected chi connectivity index (χ0v) is 17.2. The number of hydrogen-bond donors (Lipinski definition) is 5. The van der Waals surface area contributed by atoms with Crippen LogP contribution in [0.15, 0.2) is 10.7 Å². The van der Waals surface area contributed by atoms with E-state index in [1.54, 1.807) is 0 Å². The van der Waals surface area contributed by atoms with E-state index in [1.807, 2.05) is 0 Å². The molecule has 1 saturated carbocycles. The zero-order chi connectivity index (χ0) is 21.5. The first-order valence-corrected chi connectivity index (χ1v) is 11.2. The number of nitrogens with zero attached hydrogens (tertiary/aromatic N) is 4.